The second-order valence-corrected chi connectivity index (χ2v) is 14.6. The number of rotatable bonds is 27. The van der Waals surface area contributed by atoms with Crippen molar-refractivity contribution in [3.05, 3.63) is 27.8 Å². The molecule has 1 aromatic carbocycles. The topological polar surface area (TPSA) is 262 Å². The molecule has 6 amide bonds. The Morgan fingerprint density at radius 1 is 0.879 bits per heavy atom. The summed E-state index contributed by atoms with van der Waals surface area (Å²) < 4.78 is 32.5. The first kappa shape index (κ1) is 45.8. The van der Waals surface area contributed by atoms with E-state index in [1.165, 1.54) is 20.1 Å². The molecule has 0 spiro atoms. The van der Waals surface area contributed by atoms with Crippen LogP contribution < -0.4 is 30.7 Å². The monoisotopic (exact) mass is 840 g/mol. The number of amides is 6. The highest BCUT2D eigenvalue weighted by atomic mass is 32.2. The van der Waals surface area contributed by atoms with Gasteiger partial charge in [0.15, 0.2) is 11.5 Å². The number of ether oxygens (including phenoxy) is 6. The smallest absolute Gasteiger partial charge is 0.493 e. The highest BCUT2D eigenvalue weighted by Gasteiger charge is 2.42. The summed E-state index contributed by atoms with van der Waals surface area (Å²) in [4.78, 5) is 87.2. The van der Waals surface area contributed by atoms with Gasteiger partial charge in [-0.05, 0) is 32.3 Å². The molecule has 3 aliphatic rings. The number of hydroxylamine groups is 2. The Kier molecular flexibility index (Phi) is 19.0. The van der Waals surface area contributed by atoms with E-state index in [9.17, 15) is 38.9 Å². The third kappa shape index (κ3) is 14.8. The van der Waals surface area contributed by atoms with Crippen LogP contribution in [0, 0.1) is 10.1 Å². The van der Waals surface area contributed by atoms with Crippen LogP contribution >= 0.6 is 11.8 Å². The second kappa shape index (κ2) is 24.1. The zero-order valence-electron chi connectivity index (χ0n) is 32.6. The number of hydrogen-bond donors (Lipinski definition) is 4. The van der Waals surface area contributed by atoms with Gasteiger partial charge < -0.3 is 49.7 Å². The van der Waals surface area contributed by atoms with E-state index in [4.69, 9.17) is 28.4 Å². The van der Waals surface area contributed by atoms with Crippen LogP contribution in [0.5, 0.6) is 11.5 Å². The molecule has 21 nitrogen and oxygen atoms in total. The van der Waals surface area contributed by atoms with Crippen molar-refractivity contribution in [1.29, 1.82) is 0 Å². The van der Waals surface area contributed by atoms with Crippen LogP contribution in [0.3, 0.4) is 0 Å². The van der Waals surface area contributed by atoms with Crippen molar-refractivity contribution in [3.63, 3.8) is 0 Å². The molecule has 3 aliphatic heterocycles. The van der Waals surface area contributed by atoms with Crippen molar-refractivity contribution in [2.75, 3.05) is 72.2 Å². The van der Waals surface area contributed by atoms with Crippen molar-refractivity contribution in [2.24, 2.45) is 0 Å². The number of carbonyl (C=O) groups is 6. The van der Waals surface area contributed by atoms with Gasteiger partial charge in [0.1, 0.15) is 6.10 Å². The molecule has 3 fully saturated rings. The maximum absolute atomic E-state index is 12.2. The predicted molar refractivity (Wildman–Crippen MR) is 204 cm³/mol. The van der Waals surface area contributed by atoms with Crippen molar-refractivity contribution in [2.45, 2.75) is 81.7 Å². The van der Waals surface area contributed by atoms with Crippen LogP contribution in [0.4, 0.5) is 15.3 Å². The molecule has 22 heteroatoms. The normalized spacial score (nSPS) is 18.9. The van der Waals surface area contributed by atoms with Gasteiger partial charge in [0.05, 0.1) is 82.0 Å². The number of urea groups is 1. The molecule has 0 radical (unpaired) electrons. The van der Waals surface area contributed by atoms with Crippen molar-refractivity contribution >= 4 is 53.3 Å². The maximum atomic E-state index is 12.2. The molecule has 0 bridgehead atoms. The van der Waals surface area contributed by atoms with Crippen molar-refractivity contribution in [1.82, 2.24) is 26.3 Å². The summed E-state index contributed by atoms with van der Waals surface area (Å²) in [5.41, 5.74) is -0.507. The lowest BCUT2D eigenvalue weighted by molar-refractivity contribution is -0.386. The fraction of sp³-hybridized carbons (Fsp3) is 0.667. The predicted octanol–water partition coefficient (Wildman–Crippen LogP) is 2.05. The van der Waals surface area contributed by atoms with E-state index in [-0.39, 0.29) is 92.4 Å². The van der Waals surface area contributed by atoms with Gasteiger partial charge in [-0.2, -0.15) is 11.8 Å². The largest absolute Gasteiger partial charge is 0.534 e. The van der Waals surface area contributed by atoms with Crippen LogP contribution in [-0.2, 0) is 43.0 Å². The molecule has 1 unspecified atom stereocenters. The molecule has 0 aliphatic carbocycles. The quantitative estimate of drug-likeness (QED) is 0.0247. The molecule has 322 valence electrons. The molecule has 4 N–H and O–H groups in total. The van der Waals surface area contributed by atoms with Crippen molar-refractivity contribution < 1.29 is 66.9 Å². The Hall–Kier alpha value is -4.93. The molecule has 58 heavy (non-hydrogen) atoms. The van der Waals surface area contributed by atoms with Gasteiger partial charge in [0, 0.05) is 49.8 Å². The third-order valence-electron chi connectivity index (χ3n) is 9.16. The third-order valence-corrected chi connectivity index (χ3v) is 10.7. The van der Waals surface area contributed by atoms with E-state index in [0.717, 1.165) is 31.1 Å². The SMILES string of the molecule is COc1cc(C(C)OC(=O)ON2C(=O)CCC2=O)c([N+](=O)[O-])cc1OCCCC(=O)NCCOCCOCCOCCNC(=O)CCCC[C@@H]1SC[C@@H]2NC(=O)N[C@@H]21. The first-order chi connectivity index (χ1) is 28.0. The summed E-state index contributed by atoms with van der Waals surface area (Å²) in [6.07, 6.45) is 0.720. The number of methoxy groups -OCH3 is 1. The van der Waals surface area contributed by atoms with Gasteiger partial charge in [0.25, 0.3) is 17.5 Å². The number of nitrogens with zero attached hydrogens (tertiary/aromatic N) is 2. The van der Waals surface area contributed by atoms with Gasteiger partial charge in [-0.3, -0.25) is 34.1 Å². The van der Waals surface area contributed by atoms with E-state index >= 15 is 0 Å². The van der Waals surface area contributed by atoms with Gasteiger partial charge in [-0.25, -0.2) is 9.59 Å². The lowest BCUT2D eigenvalue weighted by atomic mass is 10.0. The van der Waals surface area contributed by atoms with Crippen LogP contribution in [0.15, 0.2) is 12.1 Å². The molecular weight excluding hydrogens is 788 g/mol. The van der Waals surface area contributed by atoms with Gasteiger partial charge >= 0.3 is 12.2 Å². The minimum absolute atomic E-state index is 0.00626. The van der Waals surface area contributed by atoms with Gasteiger partial charge in [-0.15, -0.1) is 0 Å². The molecule has 3 heterocycles. The second-order valence-electron chi connectivity index (χ2n) is 13.4. The summed E-state index contributed by atoms with van der Waals surface area (Å²) in [6, 6.07) is 2.69. The first-order valence-electron chi connectivity index (χ1n) is 19.2. The summed E-state index contributed by atoms with van der Waals surface area (Å²) in [5.74, 6) is -0.601. The van der Waals surface area contributed by atoms with E-state index in [1.54, 1.807) is 0 Å². The van der Waals surface area contributed by atoms with Crippen LogP contribution in [0.2, 0.25) is 0 Å². The summed E-state index contributed by atoms with van der Waals surface area (Å²) >= 11 is 1.87. The van der Waals surface area contributed by atoms with E-state index in [2.05, 4.69) is 26.1 Å². The molecule has 1 aromatic rings. The maximum Gasteiger partial charge on any atom is 0.534 e. The molecular formula is C36H52N6O15S. The zero-order chi connectivity index (χ0) is 41.9. The average Bonchev–Trinajstić information content (AvgIpc) is 3.86. The minimum Gasteiger partial charge on any atom is -0.493 e. The number of nitro benzene ring substituents is 1. The van der Waals surface area contributed by atoms with E-state index in [1.807, 2.05) is 11.8 Å². The Morgan fingerprint density at radius 2 is 1.50 bits per heavy atom. The fourth-order valence-corrected chi connectivity index (χ4v) is 7.76. The van der Waals surface area contributed by atoms with E-state index in [0.29, 0.717) is 56.3 Å². The number of fused-ring (bicyclic) bond motifs is 1. The summed E-state index contributed by atoms with van der Waals surface area (Å²) in [6.45, 7) is 4.15. The molecule has 0 aromatic heterocycles. The highest BCUT2D eigenvalue weighted by Crippen LogP contribution is 2.39. The lowest BCUT2D eigenvalue weighted by Crippen LogP contribution is -2.36. The molecule has 3 saturated heterocycles. The number of nitrogens with one attached hydrogen (secondary N) is 4. The van der Waals surface area contributed by atoms with Gasteiger partial charge in [0.2, 0.25) is 11.8 Å². The Labute approximate surface area is 339 Å². The average molecular weight is 841 g/mol. The number of unbranched alkanes of at least 4 members (excludes halogenated alkanes) is 1. The Bertz CT molecular complexity index is 1590. The van der Waals surface area contributed by atoms with Crippen molar-refractivity contribution in [3.8, 4) is 11.5 Å². The number of benzene rings is 1. The number of carbonyl (C=O) groups excluding carboxylic acids is 6. The Morgan fingerprint density at radius 3 is 2.12 bits per heavy atom. The number of thioether (sulfide) groups is 1. The molecule has 4 rings (SSSR count). The fourth-order valence-electron chi connectivity index (χ4n) is 6.22. The van der Waals surface area contributed by atoms with Crippen LogP contribution in [0.1, 0.15) is 70.0 Å². The van der Waals surface area contributed by atoms with E-state index < -0.39 is 34.7 Å². The molecule has 4 atom stereocenters. The standard InChI is InChI=1S/C36H52N6O15S/c1-23(56-36(48)57-41-32(45)9-10-33(41)46)24-20-27(51-2)28(21-26(24)42(49)50)55-13-5-8-31(44)38-12-15-53-17-19-54-18-16-52-14-11-37-30(43)7-4-3-6-29-34-25(22-58-29)39-35(47)40-34/h20-21,23,25,29,34H,3-19,22H2,1-2H3,(H,37,43)(H,38,44)(H2,39,40,47)/t23?,25-,29-,34-/m0/s1. The molecule has 0 saturated carbocycles. The number of hydrogen-bond acceptors (Lipinski definition) is 16. The first-order valence-corrected chi connectivity index (χ1v) is 20.2. The minimum atomic E-state index is -1.39. The summed E-state index contributed by atoms with van der Waals surface area (Å²) in [5, 5.41) is 24.0. The lowest BCUT2D eigenvalue weighted by Gasteiger charge is -2.18. The Balaban J connectivity index is 0.964. The summed E-state index contributed by atoms with van der Waals surface area (Å²) in [7, 11) is 1.32. The number of imide groups is 1. The van der Waals surface area contributed by atoms with Gasteiger partial charge in [-0.1, -0.05) is 11.5 Å². The van der Waals surface area contributed by atoms with Crippen LogP contribution in [-0.4, -0.2) is 135 Å². The highest BCUT2D eigenvalue weighted by molar-refractivity contribution is 8.00. The zero-order valence-corrected chi connectivity index (χ0v) is 33.4. The number of nitro groups is 1. The van der Waals surface area contributed by atoms with Crippen LogP contribution in [0.25, 0.3) is 0 Å².